The Morgan fingerprint density at radius 3 is 2.39 bits per heavy atom. The smallest absolute Gasteiger partial charge is 0.329 e. The average molecular weight is 463 g/mol. The van der Waals surface area contributed by atoms with E-state index in [1.807, 2.05) is 36.6 Å². The minimum Gasteiger partial charge on any atom is -0.451 e. The molecule has 2 atom stereocenters. The minimum absolute atomic E-state index is 0.276. The van der Waals surface area contributed by atoms with Gasteiger partial charge in [0.2, 0.25) is 0 Å². The molecule has 166 valence electrons. The van der Waals surface area contributed by atoms with E-state index in [9.17, 15) is 14.4 Å². The number of likely N-dealkylation sites (N-methyl/N-ethyl adjacent to an activating group) is 1. The van der Waals surface area contributed by atoms with Crippen molar-refractivity contribution in [3.8, 4) is 0 Å². The second-order valence-electron chi connectivity index (χ2n) is 7.05. The van der Waals surface area contributed by atoms with Gasteiger partial charge in [0.1, 0.15) is 6.04 Å². The molecule has 0 aliphatic rings. The van der Waals surface area contributed by atoms with Gasteiger partial charge >= 0.3 is 5.97 Å². The van der Waals surface area contributed by atoms with E-state index in [1.165, 1.54) is 11.8 Å². The summed E-state index contributed by atoms with van der Waals surface area (Å²) >= 11 is 7.63. The third kappa shape index (κ3) is 7.60. The maximum Gasteiger partial charge on any atom is 0.329 e. The van der Waals surface area contributed by atoms with Crippen molar-refractivity contribution in [3.05, 3.63) is 70.7 Å². The molecule has 0 spiro atoms. The highest BCUT2D eigenvalue weighted by Gasteiger charge is 2.28. The largest absolute Gasteiger partial charge is 0.451 e. The lowest BCUT2D eigenvalue weighted by Gasteiger charge is -2.24. The van der Waals surface area contributed by atoms with Crippen LogP contribution >= 0.6 is 23.4 Å². The lowest BCUT2D eigenvalue weighted by molar-refractivity contribution is -0.160. The first kappa shape index (κ1) is 24.8. The second-order valence-corrected chi connectivity index (χ2v) is 8.44. The number of nitrogens with one attached hydrogen (secondary N) is 1. The highest BCUT2D eigenvalue weighted by atomic mass is 35.5. The second kappa shape index (κ2) is 12.4. The summed E-state index contributed by atoms with van der Waals surface area (Å²) in [6.07, 6.45) is 1.30. The fourth-order valence-corrected chi connectivity index (χ4v) is 3.61. The summed E-state index contributed by atoms with van der Waals surface area (Å²) in [4.78, 5) is 39.5. The van der Waals surface area contributed by atoms with Crippen LogP contribution in [-0.4, -0.2) is 53.9 Å². The quantitative estimate of drug-likeness (QED) is 0.544. The number of benzene rings is 2. The van der Waals surface area contributed by atoms with Crippen LogP contribution in [0.3, 0.4) is 0 Å². The molecule has 0 saturated heterocycles. The van der Waals surface area contributed by atoms with Gasteiger partial charge in [-0.2, -0.15) is 11.8 Å². The van der Waals surface area contributed by atoms with Crippen molar-refractivity contribution in [1.29, 1.82) is 0 Å². The Hall–Kier alpha value is -2.51. The molecule has 0 saturated carbocycles. The van der Waals surface area contributed by atoms with Crippen LogP contribution < -0.4 is 5.32 Å². The standard InChI is InChI=1S/C23H27ClN2O4S/c1-16(22(28)26(2)15-17-9-5-4-6-10-17)30-23(29)20(13-14-31-3)25-21(27)18-11-7-8-12-19(18)24/h4-12,16,20H,13-15H2,1-3H3,(H,25,27). The van der Waals surface area contributed by atoms with Gasteiger partial charge in [0.25, 0.3) is 11.8 Å². The van der Waals surface area contributed by atoms with E-state index in [2.05, 4.69) is 5.32 Å². The van der Waals surface area contributed by atoms with Crippen molar-refractivity contribution >= 4 is 41.1 Å². The van der Waals surface area contributed by atoms with Gasteiger partial charge in [-0.25, -0.2) is 4.79 Å². The van der Waals surface area contributed by atoms with E-state index in [0.29, 0.717) is 23.7 Å². The molecule has 0 fully saturated rings. The van der Waals surface area contributed by atoms with Crippen LogP contribution in [0, 0.1) is 0 Å². The van der Waals surface area contributed by atoms with Gasteiger partial charge in [0.05, 0.1) is 10.6 Å². The maximum absolute atomic E-state index is 12.7. The highest BCUT2D eigenvalue weighted by molar-refractivity contribution is 7.98. The molecular weight excluding hydrogens is 436 g/mol. The number of amides is 2. The first-order valence-corrected chi connectivity index (χ1v) is 11.6. The maximum atomic E-state index is 12.7. The molecule has 1 N–H and O–H groups in total. The molecule has 2 amide bonds. The van der Waals surface area contributed by atoms with Gasteiger partial charge in [0, 0.05) is 13.6 Å². The summed E-state index contributed by atoms with van der Waals surface area (Å²) in [6.45, 7) is 1.93. The number of carbonyl (C=O) groups excluding carboxylic acids is 3. The molecule has 6 nitrogen and oxygen atoms in total. The normalized spacial score (nSPS) is 12.5. The van der Waals surface area contributed by atoms with Crippen molar-refractivity contribution in [1.82, 2.24) is 10.2 Å². The number of rotatable bonds is 10. The molecule has 2 aromatic rings. The molecule has 0 radical (unpaired) electrons. The van der Waals surface area contributed by atoms with Gasteiger partial charge in [-0.05, 0) is 43.0 Å². The van der Waals surface area contributed by atoms with Crippen molar-refractivity contribution in [2.45, 2.75) is 32.0 Å². The van der Waals surface area contributed by atoms with E-state index >= 15 is 0 Å². The summed E-state index contributed by atoms with van der Waals surface area (Å²) < 4.78 is 5.41. The monoisotopic (exact) mass is 462 g/mol. The molecule has 0 heterocycles. The third-order valence-corrected chi connectivity index (χ3v) is 5.57. The van der Waals surface area contributed by atoms with Gasteiger partial charge < -0.3 is 15.0 Å². The van der Waals surface area contributed by atoms with Gasteiger partial charge in [-0.1, -0.05) is 54.1 Å². The average Bonchev–Trinajstić information content (AvgIpc) is 2.76. The molecule has 0 aliphatic carbocycles. The Balaban J connectivity index is 2.00. The predicted octanol–water partition coefficient (Wildman–Crippen LogP) is 3.78. The summed E-state index contributed by atoms with van der Waals surface area (Å²) in [5.41, 5.74) is 1.25. The summed E-state index contributed by atoms with van der Waals surface area (Å²) in [6, 6.07) is 15.3. The van der Waals surface area contributed by atoms with Crippen molar-refractivity contribution in [2.75, 3.05) is 19.1 Å². The zero-order chi connectivity index (χ0) is 22.8. The van der Waals surface area contributed by atoms with Crippen LogP contribution in [0.4, 0.5) is 0 Å². The molecule has 2 rings (SSSR count). The Labute approximate surface area is 192 Å². The number of nitrogens with zero attached hydrogens (tertiary/aromatic N) is 1. The lowest BCUT2D eigenvalue weighted by atomic mass is 10.1. The van der Waals surface area contributed by atoms with Crippen molar-refractivity contribution < 1.29 is 19.1 Å². The van der Waals surface area contributed by atoms with E-state index in [-0.39, 0.29) is 11.5 Å². The van der Waals surface area contributed by atoms with Crippen LogP contribution in [0.2, 0.25) is 5.02 Å². The zero-order valence-electron chi connectivity index (χ0n) is 17.8. The molecule has 2 unspecified atom stereocenters. The Bertz CT molecular complexity index is 894. The third-order valence-electron chi connectivity index (χ3n) is 4.60. The SMILES string of the molecule is CSCCC(NC(=O)c1ccccc1Cl)C(=O)OC(C)C(=O)N(C)Cc1ccccc1. The van der Waals surface area contributed by atoms with E-state index < -0.39 is 24.0 Å². The number of hydrogen-bond donors (Lipinski definition) is 1. The van der Waals surface area contributed by atoms with Crippen LogP contribution in [0.25, 0.3) is 0 Å². The summed E-state index contributed by atoms with van der Waals surface area (Å²) in [5.74, 6) is -0.797. The number of thioether (sulfide) groups is 1. The van der Waals surface area contributed by atoms with Crippen molar-refractivity contribution in [2.24, 2.45) is 0 Å². The number of esters is 1. The van der Waals surface area contributed by atoms with E-state index in [1.54, 1.807) is 43.1 Å². The predicted molar refractivity (Wildman–Crippen MR) is 124 cm³/mol. The molecule has 8 heteroatoms. The first-order chi connectivity index (χ1) is 14.8. The highest BCUT2D eigenvalue weighted by Crippen LogP contribution is 2.16. The molecular formula is C23H27ClN2O4S. The molecule has 0 bridgehead atoms. The first-order valence-electron chi connectivity index (χ1n) is 9.87. The van der Waals surface area contributed by atoms with Gasteiger partial charge in [0.15, 0.2) is 6.10 Å². The molecule has 2 aromatic carbocycles. The minimum atomic E-state index is -0.977. The molecule has 0 aliphatic heterocycles. The van der Waals surface area contributed by atoms with Crippen LogP contribution in [0.15, 0.2) is 54.6 Å². The zero-order valence-corrected chi connectivity index (χ0v) is 19.4. The summed E-state index contributed by atoms with van der Waals surface area (Å²) in [7, 11) is 1.66. The number of halogens is 1. The number of ether oxygens (including phenoxy) is 1. The Morgan fingerprint density at radius 1 is 1.10 bits per heavy atom. The Kier molecular flexibility index (Phi) is 9.88. The van der Waals surface area contributed by atoms with E-state index in [4.69, 9.17) is 16.3 Å². The van der Waals surface area contributed by atoms with Crippen LogP contribution in [0.1, 0.15) is 29.3 Å². The van der Waals surface area contributed by atoms with Crippen LogP contribution in [0.5, 0.6) is 0 Å². The van der Waals surface area contributed by atoms with Crippen LogP contribution in [-0.2, 0) is 20.9 Å². The van der Waals surface area contributed by atoms with Crippen molar-refractivity contribution in [3.63, 3.8) is 0 Å². The molecule has 0 aromatic heterocycles. The molecule has 31 heavy (non-hydrogen) atoms. The van der Waals surface area contributed by atoms with Gasteiger partial charge in [-0.15, -0.1) is 0 Å². The topological polar surface area (TPSA) is 75.7 Å². The Morgan fingerprint density at radius 2 is 1.74 bits per heavy atom. The number of hydrogen-bond acceptors (Lipinski definition) is 5. The summed E-state index contributed by atoms with van der Waals surface area (Å²) in [5, 5.41) is 2.98. The van der Waals surface area contributed by atoms with Gasteiger partial charge in [-0.3, -0.25) is 9.59 Å². The fourth-order valence-electron chi connectivity index (χ4n) is 2.92. The fraction of sp³-hybridized carbons (Fsp3) is 0.348. The number of carbonyl (C=O) groups is 3. The lowest BCUT2D eigenvalue weighted by Crippen LogP contribution is -2.45. The van der Waals surface area contributed by atoms with E-state index in [0.717, 1.165) is 5.56 Å².